The summed E-state index contributed by atoms with van der Waals surface area (Å²) in [6.07, 6.45) is 0. The van der Waals surface area contributed by atoms with E-state index in [4.69, 9.17) is 4.74 Å². The fourth-order valence-electron chi connectivity index (χ4n) is 2.47. The van der Waals surface area contributed by atoms with Gasteiger partial charge in [-0.05, 0) is 25.1 Å². The summed E-state index contributed by atoms with van der Waals surface area (Å²) in [7, 11) is 1.55. The summed E-state index contributed by atoms with van der Waals surface area (Å²) in [6.45, 7) is 2.46. The number of hydrogen-bond acceptors (Lipinski definition) is 4. The Morgan fingerprint density at radius 3 is 2.64 bits per heavy atom. The maximum absolute atomic E-state index is 13.9. The molecule has 1 unspecified atom stereocenters. The van der Waals surface area contributed by atoms with Gasteiger partial charge in [0.2, 0.25) is 5.91 Å². The SMILES string of the molecule is COCCNC(=O)CSc1ccccc1C(=O)NC(C)c1ccc(F)cc1F. The molecule has 0 aliphatic heterocycles. The lowest BCUT2D eigenvalue weighted by atomic mass is 10.1. The monoisotopic (exact) mass is 408 g/mol. The number of hydrogen-bond donors (Lipinski definition) is 2. The fraction of sp³-hybridized carbons (Fsp3) is 0.300. The Morgan fingerprint density at radius 1 is 1.18 bits per heavy atom. The first kappa shape index (κ1) is 21.8. The number of amides is 2. The van der Waals surface area contributed by atoms with Gasteiger partial charge in [0.25, 0.3) is 5.91 Å². The van der Waals surface area contributed by atoms with Gasteiger partial charge in [-0.1, -0.05) is 18.2 Å². The summed E-state index contributed by atoms with van der Waals surface area (Å²) in [6, 6.07) is 9.44. The topological polar surface area (TPSA) is 67.4 Å². The molecule has 0 fully saturated rings. The zero-order chi connectivity index (χ0) is 20.5. The molecule has 5 nitrogen and oxygen atoms in total. The van der Waals surface area contributed by atoms with Gasteiger partial charge in [0.15, 0.2) is 0 Å². The number of carbonyl (C=O) groups is 2. The largest absolute Gasteiger partial charge is 0.383 e. The normalized spacial score (nSPS) is 11.7. The van der Waals surface area contributed by atoms with Crippen molar-refractivity contribution in [3.63, 3.8) is 0 Å². The second-order valence-corrected chi connectivity index (χ2v) is 7.01. The predicted molar refractivity (Wildman–Crippen MR) is 104 cm³/mol. The third kappa shape index (κ3) is 6.31. The van der Waals surface area contributed by atoms with E-state index in [2.05, 4.69) is 10.6 Å². The lowest BCUT2D eigenvalue weighted by Crippen LogP contribution is -2.29. The van der Waals surface area contributed by atoms with Crippen molar-refractivity contribution in [2.45, 2.75) is 17.9 Å². The molecule has 2 aromatic rings. The van der Waals surface area contributed by atoms with Crippen LogP contribution in [0.15, 0.2) is 47.4 Å². The molecule has 2 aromatic carbocycles. The molecule has 8 heteroatoms. The minimum absolute atomic E-state index is 0.149. The van der Waals surface area contributed by atoms with Crippen molar-refractivity contribution in [2.24, 2.45) is 0 Å². The number of halogens is 2. The van der Waals surface area contributed by atoms with Gasteiger partial charge >= 0.3 is 0 Å². The third-order valence-electron chi connectivity index (χ3n) is 3.90. The van der Waals surface area contributed by atoms with Gasteiger partial charge in [-0.25, -0.2) is 8.78 Å². The van der Waals surface area contributed by atoms with Crippen LogP contribution in [0.3, 0.4) is 0 Å². The lowest BCUT2D eigenvalue weighted by Gasteiger charge is -2.16. The van der Waals surface area contributed by atoms with E-state index in [1.54, 1.807) is 38.3 Å². The molecule has 0 radical (unpaired) electrons. The molecule has 0 aliphatic rings. The second kappa shape index (κ2) is 10.8. The first-order chi connectivity index (χ1) is 13.4. The molecule has 0 spiro atoms. The summed E-state index contributed by atoms with van der Waals surface area (Å²) in [5, 5.41) is 5.42. The lowest BCUT2D eigenvalue weighted by molar-refractivity contribution is -0.118. The first-order valence-electron chi connectivity index (χ1n) is 8.65. The number of rotatable bonds is 9. The molecule has 0 saturated heterocycles. The molecule has 1 atom stereocenters. The van der Waals surface area contributed by atoms with Gasteiger partial charge in [-0.3, -0.25) is 9.59 Å². The molecular weight excluding hydrogens is 386 g/mol. The minimum Gasteiger partial charge on any atom is -0.383 e. The van der Waals surface area contributed by atoms with Crippen LogP contribution in [0.25, 0.3) is 0 Å². The van der Waals surface area contributed by atoms with Crippen LogP contribution in [-0.2, 0) is 9.53 Å². The zero-order valence-electron chi connectivity index (χ0n) is 15.6. The smallest absolute Gasteiger partial charge is 0.252 e. The summed E-state index contributed by atoms with van der Waals surface area (Å²) in [4.78, 5) is 25.1. The standard InChI is InChI=1S/C20H22F2N2O3S/c1-13(15-8-7-14(21)11-17(15)22)24-20(26)16-5-3-4-6-18(16)28-12-19(25)23-9-10-27-2/h3-8,11,13H,9-10,12H2,1-2H3,(H,23,25)(H,24,26). The second-order valence-electron chi connectivity index (χ2n) is 5.99. The van der Waals surface area contributed by atoms with Gasteiger partial charge in [0, 0.05) is 30.2 Å². The Morgan fingerprint density at radius 2 is 1.93 bits per heavy atom. The molecule has 150 valence electrons. The Labute approximate surface area is 166 Å². The zero-order valence-corrected chi connectivity index (χ0v) is 16.4. The fourth-order valence-corrected chi connectivity index (χ4v) is 3.35. The Kier molecular flexibility index (Phi) is 8.41. The van der Waals surface area contributed by atoms with Crippen molar-refractivity contribution in [3.05, 3.63) is 65.2 Å². The minimum atomic E-state index is -0.719. The molecular formula is C20H22F2N2O3S. The highest BCUT2D eigenvalue weighted by atomic mass is 32.2. The van der Waals surface area contributed by atoms with Crippen molar-refractivity contribution < 1.29 is 23.1 Å². The predicted octanol–water partition coefficient (Wildman–Crippen LogP) is 3.31. The Bertz CT molecular complexity index is 833. The van der Waals surface area contributed by atoms with Gasteiger partial charge < -0.3 is 15.4 Å². The van der Waals surface area contributed by atoms with Crippen molar-refractivity contribution >= 4 is 23.6 Å². The number of ether oxygens (including phenoxy) is 1. The van der Waals surface area contributed by atoms with E-state index in [0.29, 0.717) is 23.6 Å². The van der Waals surface area contributed by atoms with E-state index in [0.717, 1.165) is 12.1 Å². The maximum atomic E-state index is 13.9. The van der Waals surface area contributed by atoms with Crippen LogP contribution in [0.2, 0.25) is 0 Å². The summed E-state index contributed by atoms with van der Waals surface area (Å²) >= 11 is 1.23. The molecule has 2 rings (SSSR count). The Hall–Kier alpha value is -2.45. The van der Waals surface area contributed by atoms with Crippen molar-refractivity contribution in [1.82, 2.24) is 10.6 Å². The molecule has 2 N–H and O–H groups in total. The first-order valence-corrected chi connectivity index (χ1v) is 9.64. The van der Waals surface area contributed by atoms with Crippen LogP contribution < -0.4 is 10.6 Å². The maximum Gasteiger partial charge on any atom is 0.252 e. The molecule has 0 saturated carbocycles. The highest BCUT2D eigenvalue weighted by molar-refractivity contribution is 8.00. The molecule has 0 bridgehead atoms. The Balaban J connectivity index is 2.02. The van der Waals surface area contributed by atoms with Gasteiger partial charge in [0.1, 0.15) is 11.6 Å². The highest BCUT2D eigenvalue weighted by Crippen LogP contribution is 2.24. The summed E-state index contributed by atoms with van der Waals surface area (Å²) < 4.78 is 31.9. The average molecular weight is 408 g/mol. The molecule has 0 heterocycles. The molecule has 0 aromatic heterocycles. The van der Waals surface area contributed by atoms with Crippen LogP contribution in [0.5, 0.6) is 0 Å². The van der Waals surface area contributed by atoms with Crippen LogP contribution >= 0.6 is 11.8 Å². The van der Waals surface area contributed by atoms with E-state index < -0.39 is 23.6 Å². The van der Waals surface area contributed by atoms with Crippen LogP contribution in [0, 0.1) is 11.6 Å². The summed E-state index contributed by atoms with van der Waals surface area (Å²) in [5.41, 5.74) is 0.573. The number of benzene rings is 2. The number of thioether (sulfide) groups is 1. The van der Waals surface area contributed by atoms with Crippen LogP contribution in [0.1, 0.15) is 28.9 Å². The quantitative estimate of drug-likeness (QED) is 0.494. The summed E-state index contributed by atoms with van der Waals surface area (Å²) in [5.74, 6) is -1.82. The van der Waals surface area contributed by atoms with Gasteiger partial charge in [0.05, 0.1) is 24.0 Å². The van der Waals surface area contributed by atoms with Crippen molar-refractivity contribution in [2.75, 3.05) is 26.0 Å². The highest BCUT2D eigenvalue weighted by Gasteiger charge is 2.18. The molecule has 2 amide bonds. The average Bonchev–Trinajstić information content (AvgIpc) is 2.66. The van der Waals surface area contributed by atoms with E-state index in [-0.39, 0.29) is 17.2 Å². The van der Waals surface area contributed by atoms with E-state index in [9.17, 15) is 18.4 Å². The van der Waals surface area contributed by atoms with Gasteiger partial charge in [-0.2, -0.15) is 0 Å². The molecule has 0 aliphatic carbocycles. The number of carbonyl (C=O) groups excluding carboxylic acids is 2. The third-order valence-corrected chi connectivity index (χ3v) is 4.97. The number of nitrogens with one attached hydrogen (secondary N) is 2. The van der Waals surface area contributed by atoms with E-state index in [1.165, 1.54) is 17.8 Å². The van der Waals surface area contributed by atoms with Crippen LogP contribution in [0.4, 0.5) is 8.78 Å². The van der Waals surface area contributed by atoms with Crippen molar-refractivity contribution in [3.8, 4) is 0 Å². The van der Waals surface area contributed by atoms with Gasteiger partial charge in [-0.15, -0.1) is 11.8 Å². The van der Waals surface area contributed by atoms with E-state index >= 15 is 0 Å². The number of methoxy groups -OCH3 is 1. The van der Waals surface area contributed by atoms with E-state index in [1.807, 2.05) is 0 Å². The van der Waals surface area contributed by atoms with Crippen molar-refractivity contribution in [1.29, 1.82) is 0 Å². The van der Waals surface area contributed by atoms with Crippen LogP contribution in [-0.4, -0.2) is 37.8 Å². The molecule has 28 heavy (non-hydrogen) atoms.